The van der Waals surface area contributed by atoms with Gasteiger partial charge in [-0.05, 0) is 43.3 Å². The van der Waals surface area contributed by atoms with E-state index in [-0.39, 0.29) is 11.9 Å². The van der Waals surface area contributed by atoms with E-state index in [0.29, 0.717) is 27.8 Å². The molecule has 0 aliphatic heterocycles. The molecule has 2 rings (SSSR count). The maximum atomic E-state index is 14.2. The summed E-state index contributed by atoms with van der Waals surface area (Å²) in [7, 11) is 3.29. The van der Waals surface area contributed by atoms with Crippen molar-refractivity contribution in [1.29, 1.82) is 0 Å². The Bertz CT molecular complexity index is 613. The van der Waals surface area contributed by atoms with Crippen LogP contribution in [0, 0.1) is 5.82 Å². The average molecular weight is 328 g/mol. The van der Waals surface area contributed by atoms with Gasteiger partial charge >= 0.3 is 0 Å². The van der Waals surface area contributed by atoms with Crippen molar-refractivity contribution in [3.05, 3.63) is 63.4 Å². The second-order valence-electron chi connectivity index (χ2n) is 4.60. The lowest BCUT2D eigenvalue weighted by atomic mass is 9.97. The number of halogens is 3. The van der Waals surface area contributed by atoms with Crippen LogP contribution in [-0.4, -0.2) is 14.2 Å². The Morgan fingerprint density at radius 2 is 1.76 bits per heavy atom. The number of hydrogen-bond donors (Lipinski definition) is 1. The molecule has 1 N–H and O–H groups in total. The Labute approximate surface area is 133 Å². The maximum absolute atomic E-state index is 14.2. The van der Waals surface area contributed by atoms with E-state index in [0.717, 1.165) is 5.56 Å². The largest absolute Gasteiger partial charge is 0.496 e. The van der Waals surface area contributed by atoms with Gasteiger partial charge in [-0.25, -0.2) is 4.39 Å². The molecule has 0 heterocycles. The molecule has 21 heavy (non-hydrogen) atoms. The molecule has 0 aliphatic rings. The van der Waals surface area contributed by atoms with Gasteiger partial charge in [-0.3, -0.25) is 0 Å². The Morgan fingerprint density at radius 3 is 2.33 bits per heavy atom. The summed E-state index contributed by atoms with van der Waals surface area (Å²) in [6.45, 7) is 0. The molecule has 0 radical (unpaired) electrons. The monoisotopic (exact) mass is 327 g/mol. The molecule has 0 saturated carbocycles. The summed E-state index contributed by atoms with van der Waals surface area (Å²) in [6.07, 6.45) is 0.465. The van der Waals surface area contributed by atoms with E-state index in [9.17, 15) is 4.39 Å². The van der Waals surface area contributed by atoms with Gasteiger partial charge in [-0.2, -0.15) is 0 Å². The van der Waals surface area contributed by atoms with E-state index in [1.807, 2.05) is 0 Å². The minimum Gasteiger partial charge on any atom is -0.496 e. The number of rotatable bonds is 5. The fourth-order valence-corrected chi connectivity index (χ4v) is 2.87. The van der Waals surface area contributed by atoms with Crippen LogP contribution in [-0.2, 0) is 6.42 Å². The van der Waals surface area contributed by atoms with Crippen LogP contribution in [0.2, 0.25) is 10.0 Å². The summed E-state index contributed by atoms with van der Waals surface area (Å²) in [5, 5.41) is 4.23. The van der Waals surface area contributed by atoms with Crippen molar-refractivity contribution in [3.8, 4) is 5.75 Å². The standard InChI is InChI=1S/C16H16Cl2FNO/c1-20-14(9-10-11(17)5-3-6-12(10)18)16-13(19)7-4-8-15(16)21-2/h3-8,14,20H,9H2,1-2H3. The van der Waals surface area contributed by atoms with Crippen LogP contribution in [0.4, 0.5) is 4.39 Å². The fraction of sp³-hybridized carbons (Fsp3) is 0.250. The van der Waals surface area contributed by atoms with Crippen LogP contribution in [0.3, 0.4) is 0 Å². The van der Waals surface area contributed by atoms with E-state index in [1.165, 1.54) is 13.2 Å². The summed E-state index contributed by atoms with van der Waals surface area (Å²) in [5.74, 6) is 0.175. The highest BCUT2D eigenvalue weighted by Crippen LogP contribution is 2.33. The predicted molar refractivity (Wildman–Crippen MR) is 84.9 cm³/mol. The second kappa shape index (κ2) is 7.12. The molecule has 0 aliphatic carbocycles. The molecule has 0 spiro atoms. The Balaban J connectivity index is 2.42. The quantitative estimate of drug-likeness (QED) is 0.863. The van der Waals surface area contributed by atoms with E-state index in [2.05, 4.69) is 5.32 Å². The molecule has 0 bridgehead atoms. The lowest BCUT2D eigenvalue weighted by Crippen LogP contribution is -2.21. The molecule has 2 nitrogen and oxygen atoms in total. The third kappa shape index (κ3) is 3.49. The highest BCUT2D eigenvalue weighted by atomic mass is 35.5. The van der Waals surface area contributed by atoms with Gasteiger partial charge in [0.15, 0.2) is 0 Å². The lowest BCUT2D eigenvalue weighted by Gasteiger charge is -2.21. The first-order chi connectivity index (χ1) is 10.1. The molecule has 0 aromatic heterocycles. The van der Waals surface area contributed by atoms with Crippen LogP contribution < -0.4 is 10.1 Å². The number of hydrogen-bond acceptors (Lipinski definition) is 2. The zero-order valence-electron chi connectivity index (χ0n) is 11.8. The van der Waals surface area contributed by atoms with E-state index in [4.69, 9.17) is 27.9 Å². The summed E-state index contributed by atoms with van der Waals surface area (Å²) in [6, 6.07) is 9.80. The number of benzene rings is 2. The van der Waals surface area contributed by atoms with E-state index >= 15 is 0 Å². The van der Waals surface area contributed by atoms with Crippen LogP contribution in [0.15, 0.2) is 36.4 Å². The number of methoxy groups -OCH3 is 1. The van der Waals surface area contributed by atoms with Gasteiger partial charge in [-0.15, -0.1) is 0 Å². The molecular weight excluding hydrogens is 312 g/mol. The average Bonchev–Trinajstić information content (AvgIpc) is 2.47. The molecular formula is C16H16Cl2FNO. The lowest BCUT2D eigenvalue weighted by molar-refractivity contribution is 0.393. The Morgan fingerprint density at radius 1 is 1.14 bits per heavy atom. The van der Waals surface area contributed by atoms with Gasteiger partial charge in [0.25, 0.3) is 0 Å². The third-order valence-electron chi connectivity index (χ3n) is 3.40. The fourth-order valence-electron chi connectivity index (χ4n) is 2.31. The second-order valence-corrected chi connectivity index (χ2v) is 5.42. The Kier molecular flexibility index (Phi) is 5.45. The number of likely N-dealkylation sites (N-methyl/N-ethyl adjacent to an activating group) is 1. The minimum absolute atomic E-state index is 0.293. The topological polar surface area (TPSA) is 21.3 Å². The van der Waals surface area contributed by atoms with Gasteiger partial charge < -0.3 is 10.1 Å². The summed E-state index contributed by atoms with van der Waals surface area (Å²) in [4.78, 5) is 0. The molecule has 0 amide bonds. The van der Waals surface area contributed by atoms with E-state index in [1.54, 1.807) is 37.4 Å². The molecule has 0 saturated heterocycles. The molecule has 1 unspecified atom stereocenters. The normalized spacial score (nSPS) is 12.2. The smallest absolute Gasteiger partial charge is 0.131 e. The van der Waals surface area contributed by atoms with Crippen molar-refractivity contribution >= 4 is 23.2 Å². The van der Waals surface area contributed by atoms with Crippen molar-refractivity contribution in [2.24, 2.45) is 0 Å². The SMILES string of the molecule is CNC(Cc1c(Cl)cccc1Cl)c1c(F)cccc1OC. The third-order valence-corrected chi connectivity index (χ3v) is 4.11. The number of nitrogens with one attached hydrogen (secondary N) is 1. The highest BCUT2D eigenvalue weighted by Gasteiger charge is 2.21. The first-order valence-electron chi connectivity index (χ1n) is 6.51. The molecule has 5 heteroatoms. The first kappa shape index (κ1) is 16.1. The van der Waals surface area contributed by atoms with Gasteiger partial charge in [-0.1, -0.05) is 35.3 Å². The van der Waals surface area contributed by atoms with Crippen LogP contribution >= 0.6 is 23.2 Å². The highest BCUT2D eigenvalue weighted by molar-refractivity contribution is 6.36. The van der Waals surface area contributed by atoms with Crippen molar-refractivity contribution in [3.63, 3.8) is 0 Å². The minimum atomic E-state index is -0.322. The molecule has 112 valence electrons. The van der Waals surface area contributed by atoms with Crippen molar-refractivity contribution < 1.29 is 9.13 Å². The van der Waals surface area contributed by atoms with Gasteiger partial charge in [0, 0.05) is 21.7 Å². The van der Waals surface area contributed by atoms with Crippen LogP contribution in [0.25, 0.3) is 0 Å². The molecule has 1 atom stereocenters. The zero-order valence-corrected chi connectivity index (χ0v) is 13.3. The Hall–Kier alpha value is -1.29. The van der Waals surface area contributed by atoms with Gasteiger partial charge in [0.2, 0.25) is 0 Å². The van der Waals surface area contributed by atoms with Crippen molar-refractivity contribution in [2.75, 3.05) is 14.2 Å². The molecule has 2 aromatic rings. The van der Waals surface area contributed by atoms with Gasteiger partial charge in [0.1, 0.15) is 11.6 Å². The van der Waals surface area contributed by atoms with E-state index < -0.39 is 0 Å². The van der Waals surface area contributed by atoms with Gasteiger partial charge in [0.05, 0.1) is 7.11 Å². The summed E-state index contributed by atoms with van der Waals surface area (Å²) in [5.41, 5.74) is 1.25. The van der Waals surface area contributed by atoms with Crippen molar-refractivity contribution in [2.45, 2.75) is 12.5 Å². The summed E-state index contributed by atoms with van der Waals surface area (Å²) >= 11 is 12.4. The van der Waals surface area contributed by atoms with Crippen LogP contribution in [0.1, 0.15) is 17.2 Å². The maximum Gasteiger partial charge on any atom is 0.131 e. The van der Waals surface area contributed by atoms with Crippen molar-refractivity contribution in [1.82, 2.24) is 5.32 Å². The van der Waals surface area contributed by atoms with Crippen LogP contribution in [0.5, 0.6) is 5.75 Å². The zero-order chi connectivity index (χ0) is 15.4. The molecule has 0 fully saturated rings. The predicted octanol–water partition coefficient (Wildman–Crippen LogP) is 4.64. The first-order valence-corrected chi connectivity index (χ1v) is 7.26. The summed E-state index contributed by atoms with van der Waals surface area (Å²) < 4.78 is 19.5. The molecule has 2 aromatic carbocycles. The number of ether oxygens (including phenoxy) is 1.